The lowest BCUT2D eigenvalue weighted by molar-refractivity contribution is -0.147. The van der Waals surface area contributed by atoms with Crippen LogP contribution in [0.2, 0.25) is 0 Å². The maximum Gasteiger partial charge on any atom is 0.314 e. The Hall–Kier alpha value is -0.860. The Labute approximate surface area is 80.1 Å². The number of aliphatic carboxylic acids is 1. The number of carbonyl (C=O) groups is 2. The van der Waals surface area contributed by atoms with Gasteiger partial charge in [0.15, 0.2) is 0 Å². The molecule has 0 aliphatic rings. The van der Waals surface area contributed by atoms with Crippen molar-refractivity contribution in [1.82, 2.24) is 0 Å². The molecule has 0 bridgehead atoms. The smallest absolute Gasteiger partial charge is 0.314 e. The molecule has 0 aliphatic heterocycles. The third-order valence-corrected chi connectivity index (χ3v) is 1.92. The Morgan fingerprint density at radius 3 is 1.77 bits per heavy atom. The zero-order valence-corrected chi connectivity index (χ0v) is 9.13. The first-order valence-corrected chi connectivity index (χ1v) is 4.74. The van der Waals surface area contributed by atoms with Gasteiger partial charge in [-0.15, -0.1) is 0 Å². The average Bonchev–Trinajstić information content (AvgIpc) is 2.06. The van der Waals surface area contributed by atoms with Crippen LogP contribution in [-0.4, -0.2) is 16.9 Å². The van der Waals surface area contributed by atoms with E-state index in [1.54, 1.807) is 6.92 Å². The quantitative estimate of drug-likeness (QED) is 0.689. The molecule has 0 aliphatic carbocycles. The second-order valence-electron chi connectivity index (χ2n) is 2.81. The van der Waals surface area contributed by atoms with Crippen molar-refractivity contribution in [3.63, 3.8) is 0 Å². The molecule has 0 fully saturated rings. The zero-order valence-electron chi connectivity index (χ0n) is 9.13. The summed E-state index contributed by atoms with van der Waals surface area (Å²) in [5, 5.41) is 8.62. The molecule has 2 atom stereocenters. The van der Waals surface area contributed by atoms with Gasteiger partial charge >= 0.3 is 5.97 Å². The van der Waals surface area contributed by atoms with Gasteiger partial charge in [0.25, 0.3) is 0 Å². The molecule has 0 saturated carbocycles. The minimum Gasteiger partial charge on any atom is -0.481 e. The molecule has 0 saturated heterocycles. The number of hydrogen-bond donors (Lipinski definition) is 1. The minimum atomic E-state index is -1.01. The lowest BCUT2D eigenvalue weighted by Gasteiger charge is -2.14. The van der Waals surface area contributed by atoms with Crippen molar-refractivity contribution in [2.75, 3.05) is 0 Å². The summed E-state index contributed by atoms with van der Waals surface area (Å²) in [5.74, 6) is -2.15. The molecule has 0 aromatic carbocycles. The normalized spacial score (nSPS) is 13.6. The van der Waals surface area contributed by atoms with Crippen molar-refractivity contribution >= 4 is 11.8 Å². The van der Waals surface area contributed by atoms with Crippen molar-refractivity contribution < 1.29 is 14.7 Å². The van der Waals surface area contributed by atoms with E-state index in [0.717, 1.165) is 6.42 Å². The number of carboxylic acids is 1. The van der Waals surface area contributed by atoms with Gasteiger partial charge in [-0.2, -0.15) is 0 Å². The van der Waals surface area contributed by atoms with E-state index in [4.69, 9.17) is 5.11 Å². The molecule has 2 unspecified atom stereocenters. The maximum absolute atomic E-state index is 10.8. The molecule has 0 rings (SSSR count). The van der Waals surface area contributed by atoms with E-state index < -0.39 is 11.9 Å². The number of Topliss-reactive ketones (excluding diaryl/α,β-unsaturated/α-hetero) is 1. The van der Waals surface area contributed by atoms with Gasteiger partial charge in [-0.05, 0) is 12.8 Å². The van der Waals surface area contributed by atoms with E-state index in [0.29, 0.717) is 0 Å². The Morgan fingerprint density at radius 1 is 1.31 bits per heavy atom. The van der Waals surface area contributed by atoms with Crippen molar-refractivity contribution in [1.29, 1.82) is 0 Å². The summed E-state index contributed by atoms with van der Waals surface area (Å²) in [6.07, 6.45) is 0.719. The molecule has 3 nitrogen and oxygen atoms in total. The second-order valence-corrected chi connectivity index (χ2v) is 2.81. The van der Waals surface area contributed by atoms with Crippen LogP contribution in [0, 0.1) is 11.8 Å². The molecule has 0 amide bonds. The first kappa shape index (κ1) is 14.7. The van der Waals surface area contributed by atoms with Crippen molar-refractivity contribution in [3.05, 3.63) is 0 Å². The van der Waals surface area contributed by atoms with Crippen molar-refractivity contribution in [2.24, 2.45) is 11.8 Å². The van der Waals surface area contributed by atoms with Gasteiger partial charge in [0.05, 0.1) is 0 Å². The van der Waals surface area contributed by atoms with Crippen LogP contribution in [0.3, 0.4) is 0 Å². The topological polar surface area (TPSA) is 54.4 Å². The second kappa shape index (κ2) is 7.77. The molecule has 0 aromatic heterocycles. The molecule has 78 valence electrons. The third kappa shape index (κ3) is 5.39. The third-order valence-electron chi connectivity index (χ3n) is 1.92. The zero-order chi connectivity index (χ0) is 11.0. The van der Waals surface area contributed by atoms with E-state index in [9.17, 15) is 9.59 Å². The van der Waals surface area contributed by atoms with Crippen LogP contribution in [0.15, 0.2) is 0 Å². The Balaban J connectivity index is 0. The van der Waals surface area contributed by atoms with E-state index in [1.807, 2.05) is 20.8 Å². The summed E-state index contributed by atoms with van der Waals surface area (Å²) in [4.78, 5) is 21.3. The van der Waals surface area contributed by atoms with Crippen LogP contribution >= 0.6 is 0 Å². The predicted molar refractivity (Wildman–Crippen MR) is 52.6 cm³/mol. The summed E-state index contributed by atoms with van der Waals surface area (Å²) >= 11 is 0. The SMILES string of the molecule is CC.CCC(C)C(C(C)=O)C(=O)O. The van der Waals surface area contributed by atoms with E-state index in [1.165, 1.54) is 6.92 Å². The lowest BCUT2D eigenvalue weighted by atomic mass is 9.89. The van der Waals surface area contributed by atoms with Crippen molar-refractivity contribution in [2.45, 2.75) is 41.0 Å². The number of ketones is 1. The van der Waals surface area contributed by atoms with Crippen molar-refractivity contribution in [3.8, 4) is 0 Å². The fraction of sp³-hybridized carbons (Fsp3) is 0.800. The van der Waals surface area contributed by atoms with Gasteiger partial charge in [-0.1, -0.05) is 34.1 Å². The van der Waals surface area contributed by atoms with Gasteiger partial charge in [0.1, 0.15) is 11.7 Å². The Bertz CT molecular complexity index is 150. The van der Waals surface area contributed by atoms with Gasteiger partial charge in [-0.3, -0.25) is 9.59 Å². The molecule has 0 spiro atoms. The summed E-state index contributed by atoms with van der Waals surface area (Å²) in [6.45, 7) is 8.98. The van der Waals surface area contributed by atoms with Gasteiger partial charge in [0.2, 0.25) is 0 Å². The predicted octanol–water partition coefficient (Wildman–Crippen LogP) is 2.35. The molecule has 1 N–H and O–H groups in total. The summed E-state index contributed by atoms with van der Waals surface area (Å²) in [7, 11) is 0. The highest BCUT2D eigenvalue weighted by molar-refractivity contribution is 5.97. The van der Waals surface area contributed by atoms with E-state index in [2.05, 4.69) is 0 Å². The highest BCUT2D eigenvalue weighted by atomic mass is 16.4. The highest BCUT2D eigenvalue weighted by Gasteiger charge is 2.27. The van der Waals surface area contributed by atoms with Crippen LogP contribution in [0.5, 0.6) is 0 Å². The monoisotopic (exact) mass is 188 g/mol. The minimum absolute atomic E-state index is 0.0648. The Morgan fingerprint density at radius 2 is 1.69 bits per heavy atom. The van der Waals surface area contributed by atoms with Crippen LogP contribution in [-0.2, 0) is 9.59 Å². The number of rotatable bonds is 4. The highest BCUT2D eigenvalue weighted by Crippen LogP contribution is 2.16. The molecule has 3 heteroatoms. The van der Waals surface area contributed by atoms with Gasteiger partial charge < -0.3 is 5.11 Å². The molecular weight excluding hydrogens is 168 g/mol. The largest absolute Gasteiger partial charge is 0.481 e. The molecule has 0 radical (unpaired) electrons. The van der Waals surface area contributed by atoms with Gasteiger partial charge in [0, 0.05) is 0 Å². The molecule has 0 aromatic rings. The standard InChI is InChI=1S/C8H14O3.C2H6/c1-4-5(2)7(6(3)9)8(10)11;1-2/h5,7H,4H2,1-3H3,(H,10,11);1-2H3. The number of hydrogen-bond acceptors (Lipinski definition) is 2. The average molecular weight is 188 g/mol. The number of carboxylic acid groups (broad SMARTS) is 1. The number of carbonyl (C=O) groups excluding carboxylic acids is 1. The van der Waals surface area contributed by atoms with E-state index >= 15 is 0 Å². The van der Waals surface area contributed by atoms with E-state index in [-0.39, 0.29) is 11.7 Å². The fourth-order valence-corrected chi connectivity index (χ4v) is 1.05. The maximum atomic E-state index is 10.8. The first-order chi connectivity index (χ1) is 6.00. The van der Waals surface area contributed by atoms with Gasteiger partial charge in [-0.25, -0.2) is 0 Å². The molecular formula is C10H20O3. The van der Waals surface area contributed by atoms with Crippen LogP contribution in [0.1, 0.15) is 41.0 Å². The molecule has 13 heavy (non-hydrogen) atoms. The lowest BCUT2D eigenvalue weighted by Crippen LogP contribution is -2.27. The van der Waals surface area contributed by atoms with Crippen LogP contribution in [0.4, 0.5) is 0 Å². The fourth-order valence-electron chi connectivity index (χ4n) is 1.05. The summed E-state index contributed by atoms with van der Waals surface area (Å²) in [5.41, 5.74) is 0. The first-order valence-electron chi connectivity index (χ1n) is 4.74. The summed E-state index contributed by atoms with van der Waals surface area (Å²) in [6, 6.07) is 0. The molecule has 0 heterocycles. The Kier molecular flexibility index (Phi) is 8.76. The van der Waals surface area contributed by atoms with Crippen LogP contribution in [0.25, 0.3) is 0 Å². The van der Waals surface area contributed by atoms with Crippen LogP contribution < -0.4 is 0 Å². The summed E-state index contributed by atoms with van der Waals surface area (Å²) < 4.78 is 0.